The van der Waals surface area contributed by atoms with E-state index in [1.165, 1.54) is 4.90 Å². The Bertz CT molecular complexity index is 1990. The molecule has 3 saturated heterocycles. The van der Waals surface area contributed by atoms with Gasteiger partial charge in [-0.05, 0) is 76.1 Å². The highest BCUT2D eigenvalue weighted by molar-refractivity contribution is 7.97. The molecule has 1 saturated carbocycles. The predicted molar refractivity (Wildman–Crippen MR) is 211 cm³/mol. The fraction of sp³-hybridized carbons (Fsp3) is 0.553. The number of imide groups is 1. The van der Waals surface area contributed by atoms with E-state index >= 15 is 4.39 Å². The van der Waals surface area contributed by atoms with Crippen molar-refractivity contribution in [2.45, 2.75) is 86.3 Å². The number of piperidine rings is 3. The van der Waals surface area contributed by atoms with E-state index < -0.39 is 17.8 Å². The van der Waals surface area contributed by atoms with Crippen molar-refractivity contribution >= 4 is 64.9 Å². The number of aromatic nitrogens is 4. The fourth-order valence-corrected chi connectivity index (χ4v) is 9.42. The Kier molecular flexibility index (Phi) is 10.6. The van der Waals surface area contributed by atoms with Gasteiger partial charge < -0.3 is 30.2 Å². The molecule has 1 aliphatic carbocycles. The number of hydrogen-bond donors (Lipinski definition) is 3. The number of anilines is 5. The molecule has 4 fully saturated rings. The molecule has 0 radical (unpaired) electrons. The predicted octanol–water partition coefficient (Wildman–Crippen LogP) is 2.81. The number of halogens is 1. The smallest absolute Gasteiger partial charge is 0.249 e. The maximum absolute atomic E-state index is 16.2. The zero-order valence-electron chi connectivity index (χ0n) is 32.0. The number of carbonyl (C=O) groups excluding carboxylic acids is 4. The van der Waals surface area contributed by atoms with Crippen LogP contribution in [0.5, 0.6) is 0 Å². The van der Waals surface area contributed by atoms with E-state index in [0.29, 0.717) is 48.7 Å². The van der Waals surface area contributed by atoms with Gasteiger partial charge in [0.15, 0.2) is 5.82 Å². The second-order valence-electron chi connectivity index (χ2n) is 15.7. The van der Waals surface area contributed by atoms with Gasteiger partial charge >= 0.3 is 0 Å². The quantitative estimate of drug-likeness (QED) is 0.132. The molecule has 56 heavy (non-hydrogen) atoms. The minimum Gasteiger partial charge on any atom is -0.374 e. The van der Waals surface area contributed by atoms with E-state index in [1.807, 2.05) is 22.0 Å². The topological polar surface area (TPSA) is 164 Å². The lowest BCUT2D eigenvalue weighted by atomic mass is 10.0. The molecule has 3 N–H and O–H groups in total. The van der Waals surface area contributed by atoms with Gasteiger partial charge in [0, 0.05) is 83.3 Å². The Hall–Kier alpha value is -4.81. The van der Waals surface area contributed by atoms with Gasteiger partial charge in [-0.25, -0.2) is 13.7 Å². The van der Waals surface area contributed by atoms with Crippen molar-refractivity contribution in [1.82, 2.24) is 34.3 Å². The molecule has 1 spiro atoms. The summed E-state index contributed by atoms with van der Waals surface area (Å²) in [6.45, 7) is 4.79. The van der Waals surface area contributed by atoms with Gasteiger partial charge in [-0.1, -0.05) is 0 Å². The highest BCUT2D eigenvalue weighted by atomic mass is 32.2. The summed E-state index contributed by atoms with van der Waals surface area (Å²) in [5.74, 6) is -0.107. The number of hydrogen-bond acceptors (Lipinski definition) is 13. The summed E-state index contributed by atoms with van der Waals surface area (Å²) in [4.78, 5) is 66.3. The first-order valence-corrected chi connectivity index (χ1v) is 20.2. The fourth-order valence-electron chi connectivity index (χ4n) is 8.46. The summed E-state index contributed by atoms with van der Waals surface area (Å²) in [6, 6.07) is 3.10. The number of rotatable bonds is 13. The molecule has 3 aromatic rings. The molecule has 0 bridgehead atoms. The van der Waals surface area contributed by atoms with Crippen LogP contribution in [-0.4, -0.2) is 125 Å². The van der Waals surface area contributed by atoms with Crippen molar-refractivity contribution in [3.05, 3.63) is 42.1 Å². The Morgan fingerprint density at radius 3 is 2.48 bits per heavy atom. The Morgan fingerprint density at radius 2 is 1.79 bits per heavy atom. The number of nitrogens with zero attached hydrogens (tertiary/aromatic N) is 9. The molecule has 5 aliphatic rings. The van der Waals surface area contributed by atoms with E-state index in [0.717, 1.165) is 75.2 Å². The molecule has 16 nitrogen and oxygen atoms in total. The van der Waals surface area contributed by atoms with Crippen molar-refractivity contribution < 1.29 is 23.6 Å². The lowest BCUT2D eigenvalue weighted by Gasteiger charge is -2.39. The van der Waals surface area contributed by atoms with Crippen LogP contribution >= 0.6 is 11.9 Å². The molecule has 4 aliphatic heterocycles. The Balaban J connectivity index is 0.788. The van der Waals surface area contributed by atoms with E-state index in [9.17, 15) is 19.2 Å². The number of benzene rings is 1. The molecule has 6 heterocycles. The van der Waals surface area contributed by atoms with Gasteiger partial charge in [-0.2, -0.15) is 10.1 Å². The van der Waals surface area contributed by atoms with Crippen LogP contribution in [0.3, 0.4) is 0 Å². The maximum Gasteiger partial charge on any atom is 0.249 e. The summed E-state index contributed by atoms with van der Waals surface area (Å²) in [5.41, 5.74) is 1.54. The maximum atomic E-state index is 16.2. The average Bonchev–Trinajstić information content (AvgIpc) is 3.80. The van der Waals surface area contributed by atoms with E-state index in [4.69, 9.17) is 0 Å². The number of nitrogens with one attached hydrogen (secondary N) is 3. The summed E-state index contributed by atoms with van der Waals surface area (Å²) >= 11 is 1.73. The number of carbonyl (C=O) groups is 4. The lowest BCUT2D eigenvalue weighted by molar-refractivity contribution is -0.134. The first-order valence-electron chi connectivity index (χ1n) is 19.5. The van der Waals surface area contributed by atoms with Gasteiger partial charge in [0.25, 0.3) is 0 Å². The first-order chi connectivity index (χ1) is 27.0. The van der Waals surface area contributed by atoms with Crippen LogP contribution in [0.25, 0.3) is 0 Å². The van der Waals surface area contributed by atoms with Crippen molar-refractivity contribution in [3.63, 3.8) is 0 Å². The van der Waals surface area contributed by atoms with E-state index in [2.05, 4.69) is 53.5 Å². The van der Waals surface area contributed by atoms with Crippen LogP contribution < -0.4 is 30.7 Å². The monoisotopic (exact) mass is 788 g/mol. The molecule has 18 heteroatoms. The summed E-state index contributed by atoms with van der Waals surface area (Å²) in [5, 5.41) is 13.3. The Labute approximate surface area is 329 Å². The van der Waals surface area contributed by atoms with Crippen molar-refractivity contribution in [2.24, 2.45) is 0 Å². The number of fused-ring (bicyclic) bond motifs is 2. The normalized spacial score (nSPS) is 21.3. The first kappa shape index (κ1) is 38.1. The Morgan fingerprint density at radius 1 is 1.02 bits per heavy atom. The van der Waals surface area contributed by atoms with Crippen molar-refractivity contribution in [2.75, 3.05) is 79.2 Å². The lowest BCUT2D eigenvalue weighted by Crippen LogP contribution is -2.52. The molecular weight excluding hydrogens is 740 g/mol. The van der Waals surface area contributed by atoms with Crippen molar-refractivity contribution in [1.29, 1.82) is 0 Å². The molecule has 1 aromatic carbocycles. The number of likely N-dealkylation sites (N-methyl/N-ethyl adjacent to an activating group) is 1. The molecule has 4 amide bonds. The van der Waals surface area contributed by atoms with Crippen LogP contribution in [-0.2, 0) is 31.1 Å². The van der Waals surface area contributed by atoms with Gasteiger partial charge in [-0.3, -0.25) is 29.2 Å². The van der Waals surface area contributed by atoms with Crippen LogP contribution in [0.1, 0.15) is 56.9 Å². The zero-order valence-corrected chi connectivity index (χ0v) is 32.9. The second-order valence-corrected chi connectivity index (χ2v) is 16.9. The van der Waals surface area contributed by atoms with Crippen LogP contribution in [0.2, 0.25) is 0 Å². The minimum atomic E-state index is -0.889. The van der Waals surface area contributed by atoms with Crippen LogP contribution in [0, 0.1) is 5.82 Å². The molecule has 298 valence electrons. The van der Waals surface area contributed by atoms with Crippen LogP contribution in [0.4, 0.5) is 33.2 Å². The third-order valence-corrected chi connectivity index (χ3v) is 13.0. The molecule has 2 aromatic heterocycles. The average molecular weight is 789 g/mol. The van der Waals surface area contributed by atoms with Gasteiger partial charge in [0.2, 0.25) is 30.1 Å². The summed E-state index contributed by atoms with van der Waals surface area (Å²) in [6.07, 6.45) is 12.1. The van der Waals surface area contributed by atoms with E-state index in [1.54, 1.807) is 43.1 Å². The molecule has 1 unspecified atom stereocenters. The SMILES string of the molecule is CN(C)c1c(N(C=O)C2CCC(=O)NC2=O)ccc(N2CCC(N(C)CCn3cc(SN4CCC(Nc5ncc6c(n5)NC(=O)C65CC5)CC4)cn3)CC2)c1F. The largest absolute Gasteiger partial charge is 0.374 e. The third-order valence-electron chi connectivity index (χ3n) is 11.9. The standard InChI is InChI=1S/C38H49FN12O4S/c1-46(2)33-29(51(23-52)30-6-7-31(53)43-35(30)54)5-4-28(32(33)39)48-14-10-25(11-15-48)47(3)18-19-49-22-26(20-41-49)56-50-16-8-24(9-17-50)42-37-40-21-27-34(45-37)44-36(55)38(27)12-13-38/h4-5,20-25,30H,6-19H2,1-3H3,(H,43,53,54)(H2,40,42,44,45,55). The number of amides is 4. The molecular formula is C38H49FN12O4S. The molecule has 8 rings (SSSR count). The summed E-state index contributed by atoms with van der Waals surface area (Å²) in [7, 11) is 5.55. The zero-order chi connectivity index (χ0) is 39.1. The summed E-state index contributed by atoms with van der Waals surface area (Å²) < 4.78 is 20.6. The van der Waals surface area contributed by atoms with Crippen molar-refractivity contribution in [3.8, 4) is 0 Å². The van der Waals surface area contributed by atoms with Crippen LogP contribution in [0.15, 0.2) is 35.6 Å². The molecule has 1 atom stereocenters. The minimum absolute atomic E-state index is 0.0523. The van der Waals surface area contributed by atoms with Gasteiger partial charge in [0.1, 0.15) is 11.9 Å². The van der Waals surface area contributed by atoms with E-state index in [-0.39, 0.29) is 41.8 Å². The van der Waals surface area contributed by atoms with Gasteiger partial charge in [0.05, 0.1) is 40.1 Å². The van der Waals surface area contributed by atoms with Gasteiger partial charge in [-0.15, -0.1) is 0 Å². The highest BCUT2D eigenvalue weighted by Gasteiger charge is 2.57. The highest BCUT2D eigenvalue weighted by Crippen LogP contribution is 2.54. The second kappa shape index (κ2) is 15.6. The third kappa shape index (κ3) is 7.53.